The van der Waals surface area contributed by atoms with Crippen molar-refractivity contribution in [2.45, 2.75) is 62.6 Å². The van der Waals surface area contributed by atoms with Gasteiger partial charge in [-0.3, -0.25) is 9.59 Å². The molecule has 1 aliphatic carbocycles. The van der Waals surface area contributed by atoms with Crippen LogP contribution in [0.25, 0.3) is 0 Å². The summed E-state index contributed by atoms with van der Waals surface area (Å²) >= 11 is 1.52. The SMILES string of the molecule is Cc1ccc(CN2C(=O)[C@@H]([C@H](C)C(=O)NCCC3=CCCCC3)Sc3ccccc32)cc1. The van der Waals surface area contributed by atoms with E-state index < -0.39 is 11.2 Å². The number of thioether (sulfide) groups is 1. The van der Waals surface area contributed by atoms with Crippen molar-refractivity contribution in [2.75, 3.05) is 11.4 Å². The van der Waals surface area contributed by atoms with Crippen LogP contribution >= 0.6 is 11.8 Å². The smallest absolute Gasteiger partial charge is 0.241 e. The Hall–Kier alpha value is -2.53. The van der Waals surface area contributed by atoms with E-state index in [4.69, 9.17) is 0 Å². The fraction of sp³-hybridized carbons (Fsp3) is 0.407. The van der Waals surface area contributed by atoms with Crippen molar-refractivity contribution < 1.29 is 9.59 Å². The van der Waals surface area contributed by atoms with Gasteiger partial charge in [0.15, 0.2) is 0 Å². The highest BCUT2D eigenvalue weighted by atomic mass is 32.2. The number of carbonyl (C=O) groups excluding carboxylic acids is 2. The molecule has 2 atom stereocenters. The van der Waals surface area contributed by atoms with Crippen LogP contribution in [0.4, 0.5) is 5.69 Å². The Bertz CT molecular complexity index is 999. The van der Waals surface area contributed by atoms with Gasteiger partial charge >= 0.3 is 0 Å². The predicted octanol–water partition coefficient (Wildman–Crippen LogP) is 5.65. The number of para-hydroxylation sites is 1. The molecule has 0 unspecified atom stereocenters. The van der Waals surface area contributed by atoms with Gasteiger partial charge in [0.25, 0.3) is 0 Å². The summed E-state index contributed by atoms with van der Waals surface area (Å²) in [6.45, 7) is 5.09. The number of aryl methyl sites for hydroxylation is 1. The van der Waals surface area contributed by atoms with E-state index in [9.17, 15) is 9.59 Å². The second-order valence-corrected chi connectivity index (χ2v) is 10.0. The molecule has 4 nitrogen and oxygen atoms in total. The zero-order chi connectivity index (χ0) is 22.5. The van der Waals surface area contributed by atoms with Crippen LogP contribution in [0.3, 0.4) is 0 Å². The number of allylic oxidation sites excluding steroid dienone is 1. The standard InChI is InChI=1S/C27H32N2O2S/c1-19-12-14-22(15-13-19)18-29-23-10-6-7-11-24(23)32-25(27(29)31)20(2)26(30)28-17-16-21-8-4-3-5-9-21/h6-8,10-15,20,25H,3-5,9,16-18H2,1-2H3,(H,28,30)/t20-,25+/m0/s1. The fourth-order valence-corrected chi connectivity index (χ4v) is 5.66. The Labute approximate surface area is 195 Å². The Morgan fingerprint density at radius 3 is 2.69 bits per heavy atom. The average molecular weight is 449 g/mol. The van der Waals surface area contributed by atoms with Crippen LogP contribution in [0.2, 0.25) is 0 Å². The Kier molecular flexibility index (Phi) is 7.36. The van der Waals surface area contributed by atoms with Gasteiger partial charge in [-0.25, -0.2) is 0 Å². The molecule has 2 aliphatic rings. The summed E-state index contributed by atoms with van der Waals surface area (Å²) in [4.78, 5) is 29.4. The molecule has 4 rings (SSSR count). The molecule has 1 aliphatic heterocycles. The van der Waals surface area contributed by atoms with Crippen molar-refractivity contribution in [1.29, 1.82) is 0 Å². The molecule has 2 amide bonds. The molecular weight excluding hydrogens is 416 g/mol. The summed E-state index contributed by atoms with van der Waals surface area (Å²) < 4.78 is 0. The molecule has 2 aromatic rings. The molecule has 0 fully saturated rings. The summed E-state index contributed by atoms with van der Waals surface area (Å²) in [5.41, 5.74) is 4.66. The zero-order valence-electron chi connectivity index (χ0n) is 19.0. The highest BCUT2D eigenvalue weighted by Gasteiger charge is 2.39. The predicted molar refractivity (Wildman–Crippen MR) is 132 cm³/mol. The number of benzene rings is 2. The minimum atomic E-state index is -0.427. The third kappa shape index (κ3) is 5.26. The molecule has 0 saturated heterocycles. The van der Waals surface area contributed by atoms with Crippen LogP contribution in [0.5, 0.6) is 0 Å². The third-order valence-electron chi connectivity index (χ3n) is 6.38. The number of amides is 2. The molecule has 0 bridgehead atoms. The first-order chi connectivity index (χ1) is 15.5. The van der Waals surface area contributed by atoms with Gasteiger partial charge in [-0.15, -0.1) is 11.8 Å². The maximum Gasteiger partial charge on any atom is 0.241 e. The largest absolute Gasteiger partial charge is 0.356 e. The molecule has 5 heteroatoms. The molecule has 1 heterocycles. The normalized spacial score (nSPS) is 19.2. The van der Waals surface area contributed by atoms with Crippen molar-refractivity contribution in [3.05, 3.63) is 71.3 Å². The molecular formula is C27H32N2O2S. The summed E-state index contributed by atoms with van der Waals surface area (Å²) in [6, 6.07) is 16.3. The van der Waals surface area contributed by atoms with E-state index in [1.165, 1.54) is 35.7 Å². The molecule has 0 radical (unpaired) electrons. The third-order valence-corrected chi connectivity index (χ3v) is 7.84. The van der Waals surface area contributed by atoms with Crippen LogP contribution < -0.4 is 10.2 Å². The molecule has 32 heavy (non-hydrogen) atoms. The number of hydrogen-bond donors (Lipinski definition) is 1. The van der Waals surface area contributed by atoms with Crippen molar-refractivity contribution >= 4 is 29.3 Å². The van der Waals surface area contributed by atoms with Crippen LogP contribution in [0.1, 0.15) is 50.2 Å². The lowest BCUT2D eigenvalue weighted by Gasteiger charge is -2.35. The van der Waals surface area contributed by atoms with Gasteiger partial charge in [0.05, 0.1) is 18.2 Å². The highest BCUT2D eigenvalue weighted by molar-refractivity contribution is 8.01. The summed E-state index contributed by atoms with van der Waals surface area (Å²) in [7, 11) is 0. The molecule has 168 valence electrons. The van der Waals surface area contributed by atoms with E-state index in [2.05, 4.69) is 42.6 Å². The maximum atomic E-state index is 13.5. The summed E-state index contributed by atoms with van der Waals surface area (Å²) in [5, 5.41) is 2.65. The second-order valence-electron chi connectivity index (χ2n) is 8.85. The zero-order valence-corrected chi connectivity index (χ0v) is 19.8. The number of carbonyl (C=O) groups is 2. The molecule has 2 aromatic carbocycles. The summed E-state index contributed by atoms with van der Waals surface area (Å²) in [5.74, 6) is -0.435. The van der Waals surface area contributed by atoms with Gasteiger partial charge in [-0.2, -0.15) is 0 Å². The topological polar surface area (TPSA) is 49.4 Å². The second kappa shape index (κ2) is 10.4. The minimum absolute atomic E-state index is 0.00640. The van der Waals surface area contributed by atoms with Gasteiger partial charge in [0.2, 0.25) is 11.8 Å². The Balaban J connectivity index is 1.46. The number of nitrogens with zero attached hydrogens (tertiary/aromatic N) is 1. The van der Waals surface area contributed by atoms with Gasteiger partial charge in [-0.1, -0.05) is 60.5 Å². The molecule has 1 N–H and O–H groups in total. The van der Waals surface area contributed by atoms with Crippen LogP contribution in [-0.2, 0) is 16.1 Å². The van der Waals surface area contributed by atoms with Crippen molar-refractivity contribution in [1.82, 2.24) is 5.32 Å². The number of rotatable bonds is 7. The fourth-order valence-electron chi connectivity index (χ4n) is 4.37. The van der Waals surface area contributed by atoms with Crippen LogP contribution in [0, 0.1) is 12.8 Å². The van der Waals surface area contributed by atoms with Crippen molar-refractivity contribution in [2.24, 2.45) is 5.92 Å². The lowest BCUT2D eigenvalue weighted by atomic mass is 9.97. The van der Waals surface area contributed by atoms with E-state index in [1.807, 2.05) is 36.1 Å². The maximum absolute atomic E-state index is 13.5. The van der Waals surface area contributed by atoms with Gasteiger partial charge in [-0.05, 0) is 56.7 Å². The Morgan fingerprint density at radius 1 is 1.16 bits per heavy atom. The van der Waals surface area contributed by atoms with Gasteiger partial charge in [0.1, 0.15) is 5.25 Å². The van der Waals surface area contributed by atoms with Crippen LogP contribution in [-0.4, -0.2) is 23.6 Å². The van der Waals surface area contributed by atoms with E-state index in [0.717, 1.165) is 35.4 Å². The van der Waals surface area contributed by atoms with Crippen LogP contribution in [0.15, 0.2) is 65.1 Å². The number of hydrogen-bond acceptors (Lipinski definition) is 3. The first-order valence-corrected chi connectivity index (χ1v) is 12.5. The number of nitrogens with one attached hydrogen (secondary N) is 1. The highest BCUT2D eigenvalue weighted by Crippen LogP contribution is 2.42. The quantitative estimate of drug-likeness (QED) is 0.557. The lowest BCUT2D eigenvalue weighted by Crippen LogP contribution is -2.47. The molecule has 0 aromatic heterocycles. The first kappa shape index (κ1) is 22.7. The molecule has 0 saturated carbocycles. The Morgan fingerprint density at radius 2 is 1.94 bits per heavy atom. The average Bonchev–Trinajstić information content (AvgIpc) is 2.82. The number of anilines is 1. The van der Waals surface area contributed by atoms with Gasteiger partial charge in [0, 0.05) is 11.4 Å². The summed E-state index contributed by atoms with van der Waals surface area (Å²) in [6.07, 6.45) is 8.05. The van der Waals surface area contributed by atoms with Crippen molar-refractivity contribution in [3.8, 4) is 0 Å². The lowest BCUT2D eigenvalue weighted by molar-refractivity contribution is -0.128. The minimum Gasteiger partial charge on any atom is -0.356 e. The van der Waals surface area contributed by atoms with E-state index in [0.29, 0.717) is 13.1 Å². The van der Waals surface area contributed by atoms with E-state index in [1.54, 1.807) is 0 Å². The first-order valence-electron chi connectivity index (χ1n) is 11.6. The number of fused-ring (bicyclic) bond motifs is 1. The monoisotopic (exact) mass is 448 g/mol. The molecule has 0 spiro atoms. The van der Waals surface area contributed by atoms with Gasteiger partial charge < -0.3 is 10.2 Å². The van der Waals surface area contributed by atoms with E-state index >= 15 is 0 Å². The van der Waals surface area contributed by atoms with E-state index in [-0.39, 0.29) is 11.8 Å². The van der Waals surface area contributed by atoms with Crippen molar-refractivity contribution in [3.63, 3.8) is 0 Å².